The summed E-state index contributed by atoms with van der Waals surface area (Å²) in [7, 11) is 0. The van der Waals surface area contributed by atoms with E-state index in [0.29, 0.717) is 33.8 Å². The van der Waals surface area contributed by atoms with E-state index in [1.165, 1.54) is 12.1 Å². The van der Waals surface area contributed by atoms with Gasteiger partial charge in [-0.1, -0.05) is 23.7 Å². The molecule has 5 rings (SSSR count). The molecule has 1 saturated heterocycles. The second-order valence-electron chi connectivity index (χ2n) is 8.66. The molecule has 2 amide bonds. The Morgan fingerprint density at radius 3 is 2.66 bits per heavy atom. The van der Waals surface area contributed by atoms with Gasteiger partial charge >= 0.3 is 5.97 Å². The summed E-state index contributed by atoms with van der Waals surface area (Å²) < 4.78 is 29.8. The minimum Gasteiger partial charge on any atom is -0.479 e. The number of carbonyl (C=O) groups excluding carboxylic acids is 2. The highest BCUT2D eigenvalue weighted by Crippen LogP contribution is 2.48. The largest absolute Gasteiger partial charge is 0.479 e. The van der Waals surface area contributed by atoms with Gasteiger partial charge in [-0.15, -0.1) is 0 Å². The Bertz CT molecular complexity index is 1440. The number of benzene rings is 2. The predicted octanol–water partition coefficient (Wildman–Crippen LogP) is 5.50. The Balaban J connectivity index is 1.43. The number of aliphatic carboxylic acids is 1. The molecule has 11 heteroatoms. The molecular formula is C24H18ClF2N3O4S. The number of hydrogen-bond donors (Lipinski definition) is 1. The van der Waals surface area contributed by atoms with Gasteiger partial charge in [-0.3, -0.25) is 19.2 Å². The van der Waals surface area contributed by atoms with Crippen LogP contribution in [-0.2, 0) is 22.1 Å². The molecule has 0 atom stereocenters. The molecule has 2 aliphatic rings. The van der Waals surface area contributed by atoms with E-state index >= 15 is 0 Å². The van der Waals surface area contributed by atoms with Gasteiger partial charge in [0.15, 0.2) is 0 Å². The van der Waals surface area contributed by atoms with Crippen LogP contribution < -0.4 is 0 Å². The minimum atomic E-state index is -3.07. The molecule has 1 aliphatic heterocycles. The van der Waals surface area contributed by atoms with Gasteiger partial charge in [0, 0.05) is 22.9 Å². The van der Waals surface area contributed by atoms with Crippen molar-refractivity contribution in [2.24, 2.45) is 0 Å². The average molecular weight is 518 g/mol. The van der Waals surface area contributed by atoms with Gasteiger partial charge in [-0.2, -0.15) is 5.10 Å². The first-order valence-corrected chi connectivity index (χ1v) is 11.8. The van der Waals surface area contributed by atoms with Gasteiger partial charge in [0.25, 0.3) is 17.1 Å². The molecular weight excluding hydrogens is 500 g/mol. The van der Waals surface area contributed by atoms with Crippen LogP contribution in [0.3, 0.4) is 0 Å². The van der Waals surface area contributed by atoms with Crippen molar-refractivity contribution in [2.45, 2.75) is 37.8 Å². The smallest absolute Gasteiger partial charge is 0.330 e. The maximum atomic E-state index is 14.1. The van der Waals surface area contributed by atoms with E-state index in [4.69, 9.17) is 11.6 Å². The molecule has 3 aromatic rings. The molecule has 1 aliphatic carbocycles. The highest BCUT2D eigenvalue weighted by Gasteiger charge is 2.62. The highest BCUT2D eigenvalue weighted by atomic mass is 35.5. The number of alkyl halides is 2. The van der Waals surface area contributed by atoms with Crippen LogP contribution in [0.1, 0.15) is 36.5 Å². The number of amides is 2. The van der Waals surface area contributed by atoms with Crippen molar-refractivity contribution in [1.82, 2.24) is 14.7 Å². The summed E-state index contributed by atoms with van der Waals surface area (Å²) >= 11 is 6.63. The van der Waals surface area contributed by atoms with Crippen molar-refractivity contribution < 1.29 is 28.3 Å². The van der Waals surface area contributed by atoms with Crippen LogP contribution >= 0.6 is 23.4 Å². The molecule has 0 unspecified atom stereocenters. The van der Waals surface area contributed by atoms with E-state index in [1.54, 1.807) is 41.2 Å². The number of hydrogen-bond acceptors (Lipinski definition) is 5. The first-order chi connectivity index (χ1) is 16.5. The zero-order valence-electron chi connectivity index (χ0n) is 18.3. The van der Waals surface area contributed by atoms with Crippen LogP contribution in [0.4, 0.5) is 13.6 Å². The number of carboxylic acid groups (broad SMARTS) is 1. The SMILES string of the molecule is CC(F)(F)c1cc(Cl)ccc1Cn1ncc2cc(C=C3SC(=O)N(C4(C(=O)O)CC4)C3=O)ccc21. The van der Waals surface area contributed by atoms with Crippen LogP contribution in [0.5, 0.6) is 0 Å². The summed E-state index contributed by atoms with van der Waals surface area (Å²) in [5.74, 6) is -4.87. The Morgan fingerprint density at radius 2 is 2.00 bits per heavy atom. The molecule has 0 bridgehead atoms. The molecule has 1 aromatic heterocycles. The van der Waals surface area contributed by atoms with E-state index in [9.17, 15) is 28.3 Å². The van der Waals surface area contributed by atoms with Gasteiger partial charge in [0.05, 0.1) is 23.2 Å². The highest BCUT2D eigenvalue weighted by molar-refractivity contribution is 8.18. The number of fused-ring (bicyclic) bond motifs is 1. The van der Waals surface area contributed by atoms with Gasteiger partial charge in [0.2, 0.25) is 0 Å². The summed E-state index contributed by atoms with van der Waals surface area (Å²) in [6.07, 6.45) is 3.62. The lowest BCUT2D eigenvalue weighted by molar-refractivity contribution is -0.147. The first-order valence-electron chi connectivity index (χ1n) is 10.6. The normalized spacial score (nSPS) is 18.6. The van der Waals surface area contributed by atoms with Crippen molar-refractivity contribution in [3.8, 4) is 0 Å². The van der Waals surface area contributed by atoms with Gasteiger partial charge in [-0.05, 0) is 66.1 Å². The maximum absolute atomic E-state index is 14.1. The summed E-state index contributed by atoms with van der Waals surface area (Å²) in [5, 5.41) is 14.1. The van der Waals surface area contributed by atoms with Gasteiger partial charge in [0.1, 0.15) is 5.54 Å². The lowest BCUT2D eigenvalue weighted by Gasteiger charge is -2.20. The van der Waals surface area contributed by atoms with Crippen molar-refractivity contribution in [2.75, 3.05) is 0 Å². The summed E-state index contributed by atoms with van der Waals surface area (Å²) in [6, 6.07) is 9.58. The average Bonchev–Trinajstić information content (AvgIpc) is 3.41. The quantitative estimate of drug-likeness (QED) is 0.434. The van der Waals surface area contributed by atoms with Crippen LogP contribution in [-0.4, -0.2) is 42.4 Å². The van der Waals surface area contributed by atoms with Gasteiger partial charge < -0.3 is 5.11 Å². The number of nitrogens with zero attached hydrogens (tertiary/aromatic N) is 3. The topological polar surface area (TPSA) is 92.5 Å². The molecule has 35 heavy (non-hydrogen) atoms. The summed E-state index contributed by atoms with van der Waals surface area (Å²) in [6.45, 7) is 0.924. The van der Waals surface area contributed by atoms with E-state index in [1.807, 2.05) is 0 Å². The Labute approximate surface area is 207 Å². The summed E-state index contributed by atoms with van der Waals surface area (Å²) in [4.78, 5) is 37.7. The minimum absolute atomic E-state index is 0.106. The fraction of sp³-hybridized carbons (Fsp3) is 0.250. The van der Waals surface area contributed by atoms with E-state index in [2.05, 4.69) is 5.10 Å². The van der Waals surface area contributed by atoms with Crippen molar-refractivity contribution in [3.63, 3.8) is 0 Å². The number of carbonyl (C=O) groups is 3. The van der Waals surface area contributed by atoms with Crippen LogP contribution in [0.2, 0.25) is 5.02 Å². The molecule has 2 heterocycles. The Hall–Kier alpha value is -3.24. The summed E-state index contributed by atoms with van der Waals surface area (Å²) in [5.41, 5.74) is 0.0961. The molecule has 1 saturated carbocycles. The number of carboxylic acids is 1. The zero-order chi connectivity index (χ0) is 25.1. The molecule has 2 aromatic carbocycles. The lowest BCUT2D eigenvalue weighted by Crippen LogP contribution is -2.46. The van der Waals surface area contributed by atoms with E-state index in [-0.39, 0.29) is 34.9 Å². The lowest BCUT2D eigenvalue weighted by atomic mass is 10.0. The van der Waals surface area contributed by atoms with Crippen LogP contribution in [0.25, 0.3) is 17.0 Å². The Morgan fingerprint density at radius 1 is 1.26 bits per heavy atom. The molecule has 7 nitrogen and oxygen atoms in total. The van der Waals surface area contributed by atoms with Gasteiger partial charge in [-0.25, -0.2) is 13.6 Å². The maximum Gasteiger partial charge on any atom is 0.330 e. The number of thioether (sulfide) groups is 1. The van der Waals surface area contributed by atoms with Crippen molar-refractivity contribution >= 4 is 57.5 Å². The fourth-order valence-electron chi connectivity index (χ4n) is 4.22. The van der Waals surface area contributed by atoms with Crippen molar-refractivity contribution in [1.29, 1.82) is 0 Å². The Kier molecular flexibility index (Phi) is 5.48. The number of aromatic nitrogens is 2. The predicted molar refractivity (Wildman–Crippen MR) is 127 cm³/mol. The molecule has 0 radical (unpaired) electrons. The monoisotopic (exact) mass is 517 g/mol. The van der Waals surface area contributed by atoms with E-state index in [0.717, 1.165) is 11.8 Å². The molecule has 180 valence electrons. The molecule has 0 spiro atoms. The zero-order valence-corrected chi connectivity index (χ0v) is 19.9. The van der Waals surface area contributed by atoms with Crippen LogP contribution in [0, 0.1) is 0 Å². The molecule has 2 fully saturated rings. The number of imide groups is 1. The third-order valence-electron chi connectivity index (χ3n) is 6.17. The van der Waals surface area contributed by atoms with Crippen LogP contribution in [0.15, 0.2) is 47.5 Å². The third-order valence-corrected chi connectivity index (χ3v) is 7.28. The standard InChI is InChI=1S/C24H18ClF2N3O4S/c1-23(26,27)17-10-16(25)4-3-14(17)12-29-18-5-2-13(8-15(18)11-28-29)9-19-20(31)30(22(34)35-19)24(6-7-24)21(32)33/h2-5,8-11H,6-7,12H2,1H3,(H,32,33). The van der Waals surface area contributed by atoms with E-state index < -0.39 is 28.6 Å². The second kappa shape index (κ2) is 8.17. The number of halogens is 3. The molecule has 1 N–H and O–H groups in total. The number of rotatable bonds is 6. The second-order valence-corrected chi connectivity index (χ2v) is 10.1. The van der Waals surface area contributed by atoms with Crippen molar-refractivity contribution in [3.05, 3.63) is 69.2 Å². The third kappa shape index (κ3) is 4.10. The fourth-order valence-corrected chi connectivity index (χ4v) is 5.30. The first kappa shape index (κ1) is 23.5.